The fourth-order valence-electron chi connectivity index (χ4n) is 1.82. The summed E-state index contributed by atoms with van der Waals surface area (Å²) in [5.74, 6) is 0.365. The second kappa shape index (κ2) is 5.35. The number of hydrogen-bond donors (Lipinski definition) is 0. The predicted octanol–water partition coefficient (Wildman–Crippen LogP) is 3.68. The van der Waals surface area contributed by atoms with Gasteiger partial charge in [0.05, 0.1) is 0 Å². The Morgan fingerprint density at radius 2 is 2.12 bits per heavy atom. The molecule has 1 aliphatic carbocycles. The summed E-state index contributed by atoms with van der Waals surface area (Å²) < 4.78 is 13.1. The average Bonchev–Trinajstić information content (AvgIpc) is 3.06. The van der Waals surface area contributed by atoms with Gasteiger partial charge in [0.25, 0.3) is 0 Å². The molecule has 1 aromatic rings. The van der Waals surface area contributed by atoms with E-state index in [9.17, 15) is 4.39 Å². The number of halogens is 3. The second-order valence-electron chi connectivity index (χ2n) is 4.13. The summed E-state index contributed by atoms with van der Waals surface area (Å²) >= 11 is 11.8. The van der Waals surface area contributed by atoms with Crippen molar-refractivity contribution < 1.29 is 4.39 Å². The van der Waals surface area contributed by atoms with Gasteiger partial charge in [-0.05, 0) is 36.6 Å². The molecular formula is C12H14Cl2FN. The first-order valence-corrected chi connectivity index (χ1v) is 6.36. The molecule has 1 aromatic carbocycles. The molecular weight excluding hydrogens is 248 g/mol. The Labute approximate surface area is 105 Å². The third-order valence-electron chi connectivity index (χ3n) is 2.82. The maximum atomic E-state index is 13.1. The maximum absolute atomic E-state index is 13.1. The maximum Gasteiger partial charge on any atom is 0.123 e. The van der Waals surface area contributed by atoms with Crippen molar-refractivity contribution in [3.63, 3.8) is 0 Å². The smallest absolute Gasteiger partial charge is 0.123 e. The third kappa shape index (κ3) is 3.09. The van der Waals surface area contributed by atoms with Gasteiger partial charge in [-0.2, -0.15) is 0 Å². The molecule has 16 heavy (non-hydrogen) atoms. The van der Waals surface area contributed by atoms with Crippen LogP contribution < -0.4 is 0 Å². The first kappa shape index (κ1) is 12.2. The van der Waals surface area contributed by atoms with Crippen LogP contribution in [0.1, 0.15) is 18.4 Å². The number of nitrogens with zero attached hydrogens (tertiary/aromatic N) is 1. The molecule has 0 amide bonds. The van der Waals surface area contributed by atoms with Crippen LogP contribution in [0.15, 0.2) is 18.2 Å². The topological polar surface area (TPSA) is 3.24 Å². The van der Waals surface area contributed by atoms with Gasteiger partial charge in [-0.1, -0.05) is 11.6 Å². The van der Waals surface area contributed by atoms with Crippen LogP contribution in [0.3, 0.4) is 0 Å². The van der Waals surface area contributed by atoms with Gasteiger partial charge in [-0.3, -0.25) is 4.90 Å². The van der Waals surface area contributed by atoms with Crippen molar-refractivity contribution in [3.8, 4) is 0 Å². The molecule has 0 aliphatic heterocycles. The van der Waals surface area contributed by atoms with Crippen LogP contribution in [0.25, 0.3) is 0 Å². The summed E-state index contributed by atoms with van der Waals surface area (Å²) in [5.41, 5.74) is 0.846. The monoisotopic (exact) mass is 261 g/mol. The summed E-state index contributed by atoms with van der Waals surface area (Å²) in [6, 6.07) is 5.11. The molecule has 0 aromatic heterocycles. The minimum Gasteiger partial charge on any atom is -0.295 e. The minimum absolute atomic E-state index is 0.235. The molecule has 0 spiro atoms. The normalized spacial score (nSPS) is 15.8. The fourth-order valence-corrected chi connectivity index (χ4v) is 2.22. The van der Waals surface area contributed by atoms with Crippen molar-refractivity contribution in [1.82, 2.24) is 4.90 Å². The Balaban J connectivity index is 2.08. The lowest BCUT2D eigenvalue weighted by molar-refractivity contribution is 0.270. The molecule has 0 unspecified atom stereocenters. The highest BCUT2D eigenvalue weighted by molar-refractivity contribution is 6.31. The van der Waals surface area contributed by atoms with Crippen LogP contribution in [0.5, 0.6) is 0 Å². The SMILES string of the molecule is Fc1ccc(Cl)c(CN(CCCl)C2CC2)c1. The van der Waals surface area contributed by atoms with Crippen LogP contribution >= 0.6 is 23.2 Å². The largest absolute Gasteiger partial charge is 0.295 e. The molecule has 1 saturated carbocycles. The molecule has 1 aliphatic rings. The summed E-state index contributed by atoms with van der Waals surface area (Å²) in [6.07, 6.45) is 2.42. The van der Waals surface area contributed by atoms with E-state index in [1.165, 1.54) is 25.0 Å². The second-order valence-corrected chi connectivity index (χ2v) is 4.91. The average molecular weight is 262 g/mol. The van der Waals surface area contributed by atoms with Crippen LogP contribution in [0, 0.1) is 5.82 Å². The molecule has 0 saturated heterocycles. The Morgan fingerprint density at radius 3 is 2.75 bits per heavy atom. The Kier molecular flexibility index (Phi) is 4.06. The van der Waals surface area contributed by atoms with E-state index in [1.807, 2.05) is 0 Å². The Morgan fingerprint density at radius 1 is 1.38 bits per heavy atom. The predicted molar refractivity (Wildman–Crippen MR) is 65.6 cm³/mol. The molecule has 0 N–H and O–H groups in total. The molecule has 4 heteroatoms. The highest BCUT2D eigenvalue weighted by Crippen LogP contribution is 2.29. The van der Waals surface area contributed by atoms with Gasteiger partial charge >= 0.3 is 0 Å². The van der Waals surface area contributed by atoms with Crippen LogP contribution in [0.2, 0.25) is 5.02 Å². The van der Waals surface area contributed by atoms with Gasteiger partial charge < -0.3 is 0 Å². The molecule has 88 valence electrons. The lowest BCUT2D eigenvalue weighted by Crippen LogP contribution is -2.27. The van der Waals surface area contributed by atoms with Gasteiger partial charge in [-0.25, -0.2) is 4.39 Å². The van der Waals surface area contributed by atoms with Crippen molar-refractivity contribution in [1.29, 1.82) is 0 Å². The summed E-state index contributed by atoms with van der Waals surface area (Å²) in [5, 5.41) is 0.627. The van der Waals surface area contributed by atoms with Crippen molar-refractivity contribution in [2.24, 2.45) is 0 Å². The van der Waals surface area contributed by atoms with Gasteiger partial charge in [0.15, 0.2) is 0 Å². The third-order valence-corrected chi connectivity index (χ3v) is 3.35. The number of benzene rings is 1. The van der Waals surface area contributed by atoms with Crippen molar-refractivity contribution in [2.75, 3.05) is 12.4 Å². The van der Waals surface area contributed by atoms with Crippen LogP contribution in [0.4, 0.5) is 4.39 Å². The molecule has 1 nitrogen and oxygen atoms in total. The van der Waals surface area contributed by atoms with Gasteiger partial charge in [0.1, 0.15) is 5.82 Å². The van der Waals surface area contributed by atoms with Crippen molar-refractivity contribution in [2.45, 2.75) is 25.4 Å². The van der Waals surface area contributed by atoms with E-state index in [4.69, 9.17) is 23.2 Å². The zero-order valence-electron chi connectivity index (χ0n) is 8.93. The summed E-state index contributed by atoms with van der Waals surface area (Å²) in [7, 11) is 0. The van der Waals surface area contributed by atoms with Gasteiger partial charge in [0, 0.05) is 30.0 Å². The molecule has 1 fully saturated rings. The van der Waals surface area contributed by atoms with E-state index in [0.717, 1.165) is 12.1 Å². The minimum atomic E-state index is -0.235. The van der Waals surface area contributed by atoms with Crippen LogP contribution in [-0.4, -0.2) is 23.4 Å². The summed E-state index contributed by atoms with van der Waals surface area (Å²) in [4.78, 5) is 2.27. The molecule has 0 bridgehead atoms. The van der Waals surface area contributed by atoms with Crippen molar-refractivity contribution >= 4 is 23.2 Å². The fraction of sp³-hybridized carbons (Fsp3) is 0.500. The highest BCUT2D eigenvalue weighted by atomic mass is 35.5. The van der Waals surface area contributed by atoms with E-state index >= 15 is 0 Å². The lowest BCUT2D eigenvalue weighted by atomic mass is 10.2. The van der Waals surface area contributed by atoms with Gasteiger partial charge in [-0.15, -0.1) is 11.6 Å². The molecule has 0 heterocycles. The number of alkyl halides is 1. The summed E-state index contributed by atoms with van der Waals surface area (Å²) in [6.45, 7) is 1.52. The van der Waals surface area contributed by atoms with Crippen LogP contribution in [-0.2, 0) is 6.54 Å². The standard InChI is InChI=1S/C12H14Cl2FN/c13-5-6-16(11-2-3-11)8-9-7-10(15)1-4-12(9)14/h1,4,7,11H,2-3,5-6,8H2. The highest BCUT2D eigenvalue weighted by Gasteiger charge is 2.28. The van der Waals surface area contributed by atoms with E-state index < -0.39 is 0 Å². The molecule has 0 atom stereocenters. The number of rotatable bonds is 5. The van der Waals surface area contributed by atoms with E-state index in [0.29, 0.717) is 23.5 Å². The van der Waals surface area contributed by atoms with E-state index in [2.05, 4.69) is 4.90 Å². The zero-order chi connectivity index (χ0) is 11.5. The lowest BCUT2D eigenvalue weighted by Gasteiger charge is -2.21. The van der Waals surface area contributed by atoms with Gasteiger partial charge in [0.2, 0.25) is 0 Å². The molecule has 2 rings (SSSR count). The molecule has 0 radical (unpaired) electrons. The first-order chi connectivity index (χ1) is 7.70. The van der Waals surface area contributed by atoms with Crippen molar-refractivity contribution in [3.05, 3.63) is 34.6 Å². The Bertz CT molecular complexity index is 366. The Hall–Kier alpha value is -0.310. The quantitative estimate of drug-likeness (QED) is 0.731. The number of hydrogen-bond acceptors (Lipinski definition) is 1. The van der Waals surface area contributed by atoms with E-state index in [-0.39, 0.29) is 5.82 Å². The zero-order valence-corrected chi connectivity index (χ0v) is 10.4. The first-order valence-electron chi connectivity index (χ1n) is 5.44. The van der Waals surface area contributed by atoms with E-state index in [1.54, 1.807) is 6.07 Å².